The van der Waals surface area contributed by atoms with Gasteiger partial charge in [0.1, 0.15) is 11.4 Å². The first-order chi connectivity index (χ1) is 12.2. The van der Waals surface area contributed by atoms with Crippen molar-refractivity contribution in [3.63, 3.8) is 0 Å². The molecule has 0 aliphatic heterocycles. The Hall–Kier alpha value is -2.79. The molecule has 1 aromatic heterocycles. The molecule has 0 N–H and O–H groups in total. The maximum atomic E-state index is 11.8. The van der Waals surface area contributed by atoms with Gasteiger partial charge in [0, 0.05) is 10.6 Å². The number of esters is 1. The molecule has 3 rings (SSSR count). The van der Waals surface area contributed by atoms with Crippen molar-refractivity contribution in [2.75, 3.05) is 6.61 Å². The van der Waals surface area contributed by atoms with Crippen molar-refractivity contribution in [2.24, 2.45) is 0 Å². The summed E-state index contributed by atoms with van der Waals surface area (Å²) < 4.78 is 16.5. The topological polar surface area (TPSA) is 61.6 Å². The summed E-state index contributed by atoms with van der Waals surface area (Å²) in [5.74, 6) is 0.717. The summed E-state index contributed by atoms with van der Waals surface area (Å²) in [6, 6.07) is 16.2. The van der Waals surface area contributed by atoms with Crippen LogP contribution in [-0.2, 0) is 16.0 Å². The van der Waals surface area contributed by atoms with E-state index in [-0.39, 0.29) is 12.4 Å². The number of nitrogens with zero attached hydrogens (tertiary/aromatic N) is 1. The molecule has 6 heteroatoms. The first kappa shape index (κ1) is 17.0. The van der Waals surface area contributed by atoms with Crippen molar-refractivity contribution in [3.8, 4) is 23.1 Å². The quantitative estimate of drug-likeness (QED) is 0.587. The Bertz CT molecular complexity index is 844. The Labute approximate surface area is 150 Å². The Kier molecular flexibility index (Phi) is 5.36. The number of benzene rings is 2. The summed E-state index contributed by atoms with van der Waals surface area (Å²) in [6.45, 7) is 2.05. The summed E-state index contributed by atoms with van der Waals surface area (Å²) in [4.78, 5) is 16.2. The van der Waals surface area contributed by atoms with Gasteiger partial charge in [-0.05, 0) is 43.3 Å². The largest absolute Gasteiger partial charge is 0.466 e. The molecule has 25 heavy (non-hydrogen) atoms. The second kappa shape index (κ2) is 7.85. The molecular weight excluding hydrogens is 342 g/mol. The highest BCUT2D eigenvalue weighted by atomic mass is 35.5. The number of oxazole rings is 1. The second-order valence-electron chi connectivity index (χ2n) is 5.16. The molecule has 1 heterocycles. The zero-order valence-electron chi connectivity index (χ0n) is 13.6. The predicted molar refractivity (Wildman–Crippen MR) is 93.8 cm³/mol. The molecule has 0 atom stereocenters. The Morgan fingerprint density at radius 2 is 1.84 bits per heavy atom. The van der Waals surface area contributed by atoms with E-state index in [1.165, 1.54) is 0 Å². The van der Waals surface area contributed by atoms with E-state index < -0.39 is 5.97 Å². The van der Waals surface area contributed by atoms with Gasteiger partial charge in [-0.1, -0.05) is 29.8 Å². The van der Waals surface area contributed by atoms with Crippen LogP contribution in [0.1, 0.15) is 12.6 Å². The number of rotatable bonds is 6. The third-order valence-corrected chi connectivity index (χ3v) is 3.58. The number of hydrogen-bond donors (Lipinski definition) is 0. The Morgan fingerprint density at radius 1 is 1.12 bits per heavy atom. The fourth-order valence-corrected chi connectivity index (χ4v) is 2.32. The summed E-state index contributed by atoms with van der Waals surface area (Å²) in [6.07, 6.45) is -0.0346. The van der Waals surface area contributed by atoms with Gasteiger partial charge in [-0.3, -0.25) is 4.79 Å². The number of carbonyl (C=O) groups excluding carboxylic acids is 1. The highest BCUT2D eigenvalue weighted by molar-refractivity contribution is 6.30. The van der Waals surface area contributed by atoms with Crippen molar-refractivity contribution in [3.05, 3.63) is 65.3 Å². The van der Waals surface area contributed by atoms with Gasteiger partial charge in [-0.2, -0.15) is 0 Å². The first-order valence-electron chi connectivity index (χ1n) is 7.80. The van der Waals surface area contributed by atoms with Crippen molar-refractivity contribution >= 4 is 17.6 Å². The van der Waals surface area contributed by atoms with Gasteiger partial charge >= 0.3 is 11.9 Å². The summed E-state index contributed by atoms with van der Waals surface area (Å²) >= 11 is 5.91. The predicted octanol–water partition coefficient (Wildman–Crippen LogP) is 4.89. The van der Waals surface area contributed by atoms with Crippen LogP contribution in [-0.4, -0.2) is 17.6 Å². The van der Waals surface area contributed by atoms with E-state index in [0.717, 1.165) is 5.56 Å². The molecule has 0 unspecified atom stereocenters. The Balaban J connectivity index is 1.92. The molecular formula is C19H16ClNO4. The SMILES string of the molecule is CCOC(=O)Cc1nc(-c2ccc(Cl)cc2)oc1Oc1ccccc1. The molecule has 0 bridgehead atoms. The van der Waals surface area contributed by atoms with Crippen molar-refractivity contribution in [1.82, 2.24) is 4.98 Å². The molecule has 5 nitrogen and oxygen atoms in total. The van der Waals surface area contributed by atoms with Crippen molar-refractivity contribution in [2.45, 2.75) is 13.3 Å². The van der Waals surface area contributed by atoms with Gasteiger partial charge in [0.2, 0.25) is 5.89 Å². The molecule has 128 valence electrons. The summed E-state index contributed by atoms with van der Waals surface area (Å²) in [7, 11) is 0. The number of carbonyl (C=O) groups is 1. The maximum absolute atomic E-state index is 11.8. The van der Waals surface area contributed by atoms with Crippen molar-refractivity contribution < 1.29 is 18.7 Å². The lowest BCUT2D eigenvalue weighted by molar-refractivity contribution is -0.142. The minimum Gasteiger partial charge on any atom is -0.466 e. The minimum atomic E-state index is -0.392. The van der Waals surface area contributed by atoms with Gasteiger partial charge in [-0.25, -0.2) is 4.98 Å². The van der Waals surface area contributed by atoms with Gasteiger partial charge < -0.3 is 13.9 Å². The van der Waals surface area contributed by atoms with Crippen LogP contribution in [0.15, 0.2) is 59.0 Å². The highest BCUT2D eigenvalue weighted by Gasteiger charge is 2.20. The number of aromatic nitrogens is 1. The average molecular weight is 358 g/mol. The molecule has 0 amide bonds. The van der Waals surface area contributed by atoms with E-state index in [9.17, 15) is 4.79 Å². The first-order valence-corrected chi connectivity index (χ1v) is 8.17. The van der Waals surface area contributed by atoms with E-state index >= 15 is 0 Å². The molecule has 0 spiro atoms. The van der Waals surface area contributed by atoms with Crippen LogP contribution in [0.2, 0.25) is 5.02 Å². The molecule has 3 aromatic rings. The minimum absolute atomic E-state index is 0.0346. The summed E-state index contributed by atoms with van der Waals surface area (Å²) in [5, 5.41) is 0.614. The Morgan fingerprint density at radius 3 is 2.52 bits per heavy atom. The number of hydrogen-bond acceptors (Lipinski definition) is 5. The number of halogens is 1. The van der Waals surface area contributed by atoms with Gasteiger partial charge in [0.25, 0.3) is 0 Å². The lowest BCUT2D eigenvalue weighted by Gasteiger charge is -2.03. The zero-order chi connectivity index (χ0) is 17.6. The molecule has 0 aliphatic carbocycles. The average Bonchev–Trinajstić information content (AvgIpc) is 2.99. The van der Waals surface area contributed by atoms with Crippen LogP contribution >= 0.6 is 11.6 Å². The van der Waals surface area contributed by atoms with Crippen LogP contribution < -0.4 is 4.74 Å². The lowest BCUT2D eigenvalue weighted by Crippen LogP contribution is -2.08. The zero-order valence-corrected chi connectivity index (χ0v) is 14.3. The number of para-hydroxylation sites is 1. The third-order valence-electron chi connectivity index (χ3n) is 3.32. The fourth-order valence-electron chi connectivity index (χ4n) is 2.19. The molecule has 0 radical (unpaired) electrons. The van der Waals surface area contributed by atoms with Crippen LogP contribution in [0.5, 0.6) is 11.7 Å². The van der Waals surface area contributed by atoms with Crippen LogP contribution in [0.3, 0.4) is 0 Å². The van der Waals surface area contributed by atoms with E-state index in [4.69, 9.17) is 25.5 Å². The lowest BCUT2D eigenvalue weighted by atomic mass is 10.2. The summed E-state index contributed by atoms with van der Waals surface area (Å²) in [5.41, 5.74) is 1.12. The van der Waals surface area contributed by atoms with Crippen LogP contribution in [0.25, 0.3) is 11.5 Å². The van der Waals surface area contributed by atoms with Gasteiger partial charge in [-0.15, -0.1) is 0 Å². The number of ether oxygens (including phenoxy) is 2. The monoisotopic (exact) mass is 357 g/mol. The highest BCUT2D eigenvalue weighted by Crippen LogP contribution is 2.32. The third kappa shape index (κ3) is 4.39. The van der Waals surface area contributed by atoms with Gasteiger partial charge in [0.05, 0.1) is 13.0 Å². The maximum Gasteiger partial charge on any atom is 0.315 e. The second-order valence-corrected chi connectivity index (χ2v) is 5.59. The van der Waals surface area contributed by atoms with E-state index in [0.29, 0.717) is 29.0 Å². The van der Waals surface area contributed by atoms with Crippen LogP contribution in [0.4, 0.5) is 0 Å². The fraction of sp³-hybridized carbons (Fsp3) is 0.158. The standard InChI is InChI=1S/C19H16ClNO4/c1-2-23-17(22)12-16-19(24-15-6-4-3-5-7-15)25-18(21-16)13-8-10-14(20)11-9-13/h3-11H,2,12H2,1H3. The van der Waals surface area contributed by atoms with E-state index in [1.54, 1.807) is 43.3 Å². The van der Waals surface area contributed by atoms with Crippen molar-refractivity contribution in [1.29, 1.82) is 0 Å². The molecule has 2 aromatic carbocycles. The molecule has 0 saturated heterocycles. The molecule has 0 fully saturated rings. The molecule has 0 aliphatic rings. The normalized spacial score (nSPS) is 10.5. The molecule has 0 saturated carbocycles. The van der Waals surface area contributed by atoms with Gasteiger partial charge in [0.15, 0.2) is 0 Å². The van der Waals surface area contributed by atoms with E-state index in [2.05, 4.69) is 4.98 Å². The van der Waals surface area contributed by atoms with E-state index in [1.807, 2.05) is 18.2 Å². The van der Waals surface area contributed by atoms with Crippen LogP contribution in [0, 0.1) is 0 Å². The smallest absolute Gasteiger partial charge is 0.315 e.